The van der Waals surface area contributed by atoms with Crippen molar-refractivity contribution in [3.8, 4) is 0 Å². The number of carbonyl (C=O) groups excluding carboxylic acids is 2. The second-order valence-electron chi connectivity index (χ2n) is 6.69. The number of amides is 3. The fourth-order valence-corrected chi connectivity index (χ4v) is 3.24. The lowest BCUT2D eigenvalue weighted by molar-refractivity contribution is -0.377. The third kappa shape index (κ3) is 7.21. The Balaban J connectivity index is 0.000000426. The molecule has 1 aromatic heterocycles. The van der Waals surface area contributed by atoms with Gasteiger partial charge in [0.1, 0.15) is 6.04 Å². The number of nitrogens with zero attached hydrogens (tertiary/aromatic N) is 3. The zero-order valence-corrected chi connectivity index (χ0v) is 17.0. The van der Waals surface area contributed by atoms with Gasteiger partial charge in [0.15, 0.2) is 12.4 Å². The van der Waals surface area contributed by atoms with Crippen molar-refractivity contribution in [2.75, 3.05) is 33.8 Å². The first-order valence-electron chi connectivity index (χ1n) is 8.91. The second-order valence-corrected chi connectivity index (χ2v) is 7.65. The number of pyridine rings is 1. The highest BCUT2D eigenvalue weighted by molar-refractivity contribution is 7.80. The molecule has 0 spiro atoms. The summed E-state index contributed by atoms with van der Waals surface area (Å²) in [6, 6.07) is 3.68. The van der Waals surface area contributed by atoms with E-state index in [1.807, 2.05) is 49.6 Å². The number of aromatic nitrogens is 1. The monoisotopic (exact) mass is 431 g/mol. The van der Waals surface area contributed by atoms with Crippen LogP contribution in [-0.2, 0) is 24.3 Å². The van der Waals surface area contributed by atoms with Crippen LogP contribution in [0.1, 0.15) is 12.8 Å². The zero-order valence-electron chi connectivity index (χ0n) is 16.2. The van der Waals surface area contributed by atoms with Crippen molar-refractivity contribution in [2.45, 2.75) is 24.9 Å². The third-order valence-electron chi connectivity index (χ3n) is 4.22. The van der Waals surface area contributed by atoms with Crippen LogP contribution >= 0.6 is 0 Å². The fourth-order valence-electron chi connectivity index (χ4n) is 2.86. The van der Waals surface area contributed by atoms with Crippen molar-refractivity contribution in [1.29, 1.82) is 0 Å². The first-order valence-corrected chi connectivity index (χ1v) is 10.2. The topological polar surface area (TPSA) is 146 Å². The summed E-state index contributed by atoms with van der Waals surface area (Å²) in [5.74, 6) is -0.498. The van der Waals surface area contributed by atoms with Gasteiger partial charge in [-0.15, -0.1) is 0 Å². The molecule has 2 aliphatic heterocycles. The maximum Gasteiger partial charge on any atom is 0.346 e. The fraction of sp³-hybridized carbons (Fsp3) is 0.562. The molecule has 2 saturated heterocycles. The average molecular weight is 431 g/mol. The SMILES string of the molecule is CN(C)CCONC(=O)[C@@H]1CC[C@@H]2CN1C(=O)N2OS(=O)(=O)[O-].c1cc[nH+]cc1. The van der Waals surface area contributed by atoms with Crippen LogP contribution in [0.25, 0.3) is 0 Å². The molecule has 13 heteroatoms. The molecule has 29 heavy (non-hydrogen) atoms. The number of carbonyl (C=O) groups is 2. The molecule has 3 rings (SSSR count). The second kappa shape index (κ2) is 10.5. The van der Waals surface area contributed by atoms with Gasteiger partial charge in [0.2, 0.25) is 10.4 Å². The van der Waals surface area contributed by atoms with Crippen LogP contribution in [0.15, 0.2) is 30.6 Å². The maximum absolute atomic E-state index is 12.1. The minimum Gasteiger partial charge on any atom is -0.724 e. The first-order chi connectivity index (χ1) is 13.7. The van der Waals surface area contributed by atoms with Crippen LogP contribution in [0.3, 0.4) is 0 Å². The summed E-state index contributed by atoms with van der Waals surface area (Å²) in [6.45, 7) is 1.01. The van der Waals surface area contributed by atoms with E-state index in [2.05, 4.69) is 14.7 Å². The minimum atomic E-state index is -5.04. The quantitative estimate of drug-likeness (QED) is 0.244. The Hall–Kier alpha value is -2.32. The zero-order chi connectivity index (χ0) is 21.4. The van der Waals surface area contributed by atoms with Crippen LogP contribution in [0.4, 0.5) is 4.79 Å². The summed E-state index contributed by atoms with van der Waals surface area (Å²) in [6.07, 6.45) is 4.41. The van der Waals surface area contributed by atoms with E-state index < -0.39 is 34.4 Å². The summed E-state index contributed by atoms with van der Waals surface area (Å²) in [5, 5.41) is 0.530. The van der Waals surface area contributed by atoms with Gasteiger partial charge in [0.25, 0.3) is 5.91 Å². The summed E-state index contributed by atoms with van der Waals surface area (Å²) in [5.41, 5.74) is 2.28. The van der Waals surface area contributed by atoms with Gasteiger partial charge in [0.05, 0.1) is 12.6 Å². The number of aromatic amines is 1. The number of piperidine rings is 1. The molecule has 0 radical (unpaired) electrons. The van der Waals surface area contributed by atoms with Gasteiger partial charge in [-0.05, 0) is 26.9 Å². The number of H-pyrrole nitrogens is 1. The highest BCUT2D eigenvalue weighted by atomic mass is 32.3. The average Bonchev–Trinajstić information content (AvgIpc) is 2.90. The molecule has 3 amide bonds. The van der Waals surface area contributed by atoms with Gasteiger partial charge in [-0.25, -0.2) is 23.7 Å². The summed E-state index contributed by atoms with van der Waals surface area (Å²) in [7, 11) is -1.33. The Morgan fingerprint density at radius 3 is 2.52 bits per heavy atom. The van der Waals surface area contributed by atoms with E-state index >= 15 is 0 Å². The van der Waals surface area contributed by atoms with E-state index in [0.29, 0.717) is 24.4 Å². The van der Waals surface area contributed by atoms with E-state index in [0.717, 1.165) is 0 Å². The highest BCUT2D eigenvalue weighted by Crippen LogP contribution is 2.30. The number of hydrogen-bond donors (Lipinski definition) is 1. The molecule has 2 atom stereocenters. The lowest BCUT2D eigenvalue weighted by Gasteiger charge is -2.29. The number of hydroxylamine groups is 3. The van der Waals surface area contributed by atoms with E-state index in [-0.39, 0.29) is 13.2 Å². The predicted octanol–water partition coefficient (Wildman–Crippen LogP) is -1.24. The van der Waals surface area contributed by atoms with Crippen LogP contribution in [0, 0.1) is 0 Å². The van der Waals surface area contributed by atoms with Gasteiger partial charge in [-0.3, -0.25) is 9.63 Å². The van der Waals surface area contributed by atoms with E-state index in [9.17, 15) is 22.6 Å². The summed E-state index contributed by atoms with van der Waals surface area (Å²) < 4.78 is 36.2. The number of rotatable bonds is 7. The Bertz CT molecular complexity index is 750. The number of likely N-dealkylation sites (N-methyl/N-ethyl adjacent to an activating group) is 1. The molecule has 2 fully saturated rings. The molecular weight excluding hydrogens is 406 g/mol. The molecule has 1 aromatic rings. The van der Waals surface area contributed by atoms with Crippen molar-refractivity contribution in [3.63, 3.8) is 0 Å². The normalized spacial score (nSPS) is 21.0. The van der Waals surface area contributed by atoms with Gasteiger partial charge in [-0.1, -0.05) is 6.07 Å². The minimum absolute atomic E-state index is 0.115. The molecule has 2 bridgehead atoms. The molecule has 0 aromatic carbocycles. The van der Waals surface area contributed by atoms with Crippen LogP contribution < -0.4 is 10.5 Å². The molecule has 12 nitrogen and oxygen atoms in total. The number of urea groups is 1. The van der Waals surface area contributed by atoms with Crippen molar-refractivity contribution in [1.82, 2.24) is 20.3 Å². The number of nitrogens with one attached hydrogen (secondary N) is 2. The molecule has 0 unspecified atom stereocenters. The van der Waals surface area contributed by atoms with Gasteiger partial charge in [-0.2, -0.15) is 9.35 Å². The van der Waals surface area contributed by atoms with E-state index in [1.165, 1.54) is 4.90 Å². The molecule has 0 aliphatic carbocycles. The summed E-state index contributed by atoms with van der Waals surface area (Å²) >= 11 is 0. The summed E-state index contributed by atoms with van der Waals surface area (Å²) in [4.78, 5) is 35.2. The Labute approximate surface area is 169 Å². The van der Waals surface area contributed by atoms with Gasteiger partial charge >= 0.3 is 6.03 Å². The van der Waals surface area contributed by atoms with Crippen molar-refractivity contribution in [3.05, 3.63) is 30.6 Å². The van der Waals surface area contributed by atoms with E-state index in [4.69, 9.17) is 4.84 Å². The standard InChI is InChI=1S/C11H20N4O7S.C5H5N/c1-13(2)5-6-21-12-10(16)9-4-3-8-7-14(9)11(17)15(8)22-23(18,19)20;1-2-4-6-5-3-1/h8-9H,3-7H2,1-2H3,(H,12,16)(H,18,19,20);1-5H/t8-,9+;/m1./s1. The molecule has 162 valence electrons. The Morgan fingerprint density at radius 2 is 2.00 bits per heavy atom. The number of fused-ring (bicyclic) bond motifs is 2. The van der Waals surface area contributed by atoms with Crippen molar-refractivity contribution in [2.24, 2.45) is 0 Å². The molecular formula is C16H25N5O7S. The molecule has 2 aliphatic rings. The predicted molar refractivity (Wildman–Crippen MR) is 97.2 cm³/mol. The highest BCUT2D eigenvalue weighted by Gasteiger charge is 2.48. The van der Waals surface area contributed by atoms with Crippen LogP contribution in [-0.4, -0.2) is 85.6 Å². The van der Waals surface area contributed by atoms with Crippen molar-refractivity contribution >= 4 is 22.3 Å². The third-order valence-corrected chi connectivity index (χ3v) is 4.56. The Morgan fingerprint density at radius 1 is 1.31 bits per heavy atom. The molecule has 2 N–H and O–H groups in total. The maximum atomic E-state index is 12.1. The van der Waals surface area contributed by atoms with Crippen LogP contribution in [0.5, 0.6) is 0 Å². The van der Waals surface area contributed by atoms with E-state index in [1.54, 1.807) is 0 Å². The van der Waals surface area contributed by atoms with Gasteiger partial charge < -0.3 is 14.4 Å². The lowest BCUT2D eigenvalue weighted by Crippen LogP contribution is -2.50. The Kier molecular flexibility index (Phi) is 8.28. The van der Waals surface area contributed by atoms with Crippen LogP contribution in [0.2, 0.25) is 0 Å². The number of hydrogen-bond acceptors (Lipinski definition) is 8. The first kappa shape index (κ1) is 23.0. The smallest absolute Gasteiger partial charge is 0.346 e. The lowest BCUT2D eigenvalue weighted by atomic mass is 10.0. The van der Waals surface area contributed by atoms with Gasteiger partial charge in [0, 0.05) is 25.2 Å². The molecule has 3 heterocycles. The van der Waals surface area contributed by atoms with Crippen molar-refractivity contribution < 1.29 is 36.7 Å². The largest absolute Gasteiger partial charge is 0.724 e. The molecule has 0 saturated carbocycles.